The lowest BCUT2D eigenvalue weighted by molar-refractivity contribution is -0.0632. The van der Waals surface area contributed by atoms with Crippen molar-refractivity contribution in [1.82, 2.24) is 0 Å². The van der Waals surface area contributed by atoms with Gasteiger partial charge >= 0.3 is 0 Å². The van der Waals surface area contributed by atoms with Gasteiger partial charge in [-0.15, -0.1) is 0 Å². The maximum absolute atomic E-state index is 9.53. The zero-order chi connectivity index (χ0) is 11.0. The van der Waals surface area contributed by atoms with E-state index in [4.69, 9.17) is 19.5 Å². The molecule has 0 fully saturated rings. The Labute approximate surface area is 84.2 Å². The van der Waals surface area contributed by atoms with Gasteiger partial charge in [0.1, 0.15) is 12.2 Å². The van der Waals surface area contributed by atoms with Gasteiger partial charge in [-0.2, -0.15) is 5.26 Å². The Morgan fingerprint density at radius 3 is 2.29 bits per heavy atom. The number of aliphatic hydroxyl groups excluding tert-OH is 1. The molecular formula is C9H17NO4. The van der Waals surface area contributed by atoms with Crippen LogP contribution in [0.2, 0.25) is 0 Å². The monoisotopic (exact) mass is 203 g/mol. The van der Waals surface area contributed by atoms with Crippen LogP contribution < -0.4 is 0 Å². The fourth-order valence-corrected chi connectivity index (χ4v) is 1.10. The highest BCUT2D eigenvalue weighted by Gasteiger charge is 2.22. The Morgan fingerprint density at radius 2 is 1.93 bits per heavy atom. The first-order valence-corrected chi connectivity index (χ1v) is 4.31. The van der Waals surface area contributed by atoms with E-state index in [9.17, 15) is 5.11 Å². The van der Waals surface area contributed by atoms with Crippen LogP contribution in [-0.4, -0.2) is 51.4 Å². The second-order valence-corrected chi connectivity index (χ2v) is 2.89. The number of methoxy groups -OCH3 is 3. The van der Waals surface area contributed by atoms with Crippen LogP contribution in [-0.2, 0) is 14.2 Å². The van der Waals surface area contributed by atoms with Gasteiger partial charge in [0.25, 0.3) is 0 Å². The van der Waals surface area contributed by atoms with Crippen molar-refractivity contribution < 1.29 is 19.3 Å². The lowest BCUT2D eigenvalue weighted by atomic mass is 10.1. The number of ether oxygens (including phenoxy) is 3. The number of hydrogen-bond donors (Lipinski definition) is 1. The van der Waals surface area contributed by atoms with E-state index in [-0.39, 0.29) is 6.61 Å². The summed E-state index contributed by atoms with van der Waals surface area (Å²) in [7, 11) is 4.42. The van der Waals surface area contributed by atoms with Crippen molar-refractivity contribution in [3.8, 4) is 6.07 Å². The zero-order valence-corrected chi connectivity index (χ0v) is 8.77. The van der Waals surface area contributed by atoms with Crippen molar-refractivity contribution in [2.75, 3.05) is 27.9 Å². The molecule has 0 aromatic carbocycles. The number of rotatable bonds is 7. The second kappa shape index (κ2) is 7.71. The van der Waals surface area contributed by atoms with Crippen LogP contribution in [0.5, 0.6) is 0 Å². The Hall–Kier alpha value is -0.670. The second-order valence-electron chi connectivity index (χ2n) is 2.89. The van der Waals surface area contributed by atoms with Gasteiger partial charge in [0.15, 0.2) is 0 Å². The van der Waals surface area contributed by atoms with Gasteiger partial charge in [-0.3, -0.25) is 0 Å². The molecule has 0 aromatic heterocycles. The summed E-state index contributed by atoms with van der Waals surface area (Å²) in [6.07, 6.45) is -1.42. The number of nitrogens with zero attached hydrogens (tertiary/aromatic N) is 1. The van der Waals surface area contributed by atoms with Crippen molar-refractivity contribution in [2.45, 2.75) is 24.7 Å². The fourth-order valence-electron chi connectivity index (χ4n) is 1.10. The summed E-state index contributed by atoms with van der Waals surface area (Å²) in [5.74, 6) is 0. The first-order valence-electron chi connectivity index (χ1n) is 4.31. The van der Waals surface area contributed by atoms with Gasteiger partial charge < -0.3 is 19.3 Å². The molecule has 0 saturated carbocycles. The molecule has 0 amide bonds. The summed E-state index contributed by atoms with van der Waals surface area (Å²) < 4.78 is 14.7. The molecular weight excluding hydrogens is 186 g/mol. The van der Waals surface area contributed by atoms with Crippen LogP contribution in [0, 0.1) is 11.3 Å². The van der Waals surface area contributed by atoms with Gasteiger partial charge in [0.2, 0.25) is 0 Å². The van der Waals surface area contributed by atoms with Gasteiger partial charge in [0, 0.05) is 27.8 Å². The summed E-state index contributed by atoms with van der Waals surface area (Å²) >= 11 is 0. The molecule has 0 bridgehead atoms. The van der Waals surface area contributed by atoms with E-state index in [1.54, 1.807) is 0 Å². The summed E-state index contributed by atoms with van der Waals surface area (Å²) in [6.45, 7) is 0.181. The molecule has 82 valence electrons. The molecule has 0 spiro atoms. The van der Waals surface area contributed by atoms with Crippen molar-refractivity contribution in [3.63, 3.8) is 0 Å². The van der Waals surface area contributed by atoms with E-state index in [0.717, 1.165) is 0 Å². The molecule has 1 N–H and O–H groups in total. The molecule has 0 radical (unpaired) electrons. The molecule has 5 heteroatoms. The zero-order valence-electron chi connectivity index (χ0n) is 8.77. The van der Waals surface area contributed by atoms with Gasteiger partial charge in [-0.25, -0.2) is 0 Å². The molecule has 14 heavy (non-hydrogen) atoms. The van der Waals surface area contributed by atoms with E-state index in [0.29, 0.717) is 6.42 Å². The lowest BCUT2D eigenvalue weighted by Crippen LogP contribution is -2.35. The average molecular weight is 203 g/mol. The Kier molecular flexibility index (Phi) is 7.34. The molecule has 0 saturated heterocycles. The third-order valence-electron chi connectivity index (χ3n) is 1.94. The number of hydrogen-bond acceptors (Lipinski definition) is 5. The molecule has 0 aliphatic heterocycles. The van der Waals surface area contributed by atoms with Crippen molar-refractivity contribution in [3.05, 3.63) is 0 Å². The molecule has 0 heterocycles. The average Bonchev–Trinajstić information content (AvgIpc) is 2.20. The lowest BCUT2D eigenvalue weighted by Gasteiger charge is -2.22. The Morgan fingerprint density at radius 1 is 1.29 bits per heavy atom. The highest BCUT2D eigenvalue weighted by atomic mass is 16.5. The maximum atomic E-state index is 9.53. The van der Waals surface area contributed by atoms with Crippen molar-refractivity contribution >= 4 is 0 Å². The summed E-state index contributed by atoms with van der Waals surface area (Å²) in [5.41, 5.74) is 0. The molecule has 5 nitrogen and oxygen atoms in total. The van der Waals surface area contributed by atoms with E-state index in [1.165, 1.54) is 21.3 Å². The first-order chi connectivity index (χ1) is 6.69. The van der Waals surface area contributed by atoms with Crippen LogP contribution in [0.4, 0.5) is 0 Å². The normalized spacial score (nSPS) is 17.1. The SMILES string of the molecule is COC[C@@H](O)[C@H](CC(C#N)OC)OC. The van der Waals surface area contributed by atoms with Crippen LogP contribution in [0.1, 0.15) is 6.42 Å². The molecule has 0 aliphatic carbocycles. The molecule has 0 rings (SSSR count). The van der Waals surface area contributed by atoms with Gasteiger partial charge in [-0.05, 0) is 0 Å². The number of nitriles is 1. The fraction of sp³-hybridized carbons (Fsp3) is 0.889. The highest BCUT2D eigenvalue weighted by molar-refractivity contribution is 4.87. The standard InChI is InChI=1S/C9H17NO4/c1-12-6-8(11)9(14-3)4-7(5-10)13-2/h7-9,11H,4,6H2,1-3H3/t7?,8-,9+/m1/s1. The van der Waals surface area contributed by atoms with Crippen LogP contribution in [0.3, 0.4) is 0 Å². The third-order valence-corrected chi connectivity index (χ3v) is 1.94. The van der Waals surface area contributed by atoms with Gasteiger partial charge in [0.05, 0.1) is 18.8 Å². The summed E-state index contributed by atoms with van der Waals surface area (Å²) in [5, 5.41) is 18.2. The maximum Gasteiger partial charge on any atom is 0.146 e. The molecule has 0 aliphatic rings. The van der Waals surface area contributed by atoms with E-state index in [2.05, 4.69) is 0 Å². The predicted octanol–water partition coefficient (Wildman–Crippen LogP) is -0.0626. The van der Waals surface area contributed by atoms with Crippen molar-refractivity contribution in [1.29, 1.82) is 5.26 Å². The van der Waals surface area contributed by atoms with E-state index in [1.807, 2.05) is 6.07 Å². The van der Waals surface area contributed by atoms with Crippen LogP contribution in [0.25, 0.3) is 0 Å². The Balaban J connectivity index is 4.07. The largest absolute Gasteiger partial charge is 0.388 e. The first kappa shape index (κ1) is 13.3. The minimum Gasteiger partial charge on any atom is -0.388 e. The summed E-state index contributed by atoms with van der Waals surface area (Å²) in [6, 6.07) is 1.96. The quantitative estimate of drug-likeness (QED) is 0.627. The molecule has 3 atom stereocenters. The van der Waals surface area contributed by atoms with Crippen molar-refractivity contribution in [2.24, 2.45) is 0 Å². The third kappa shape index (κ3) is 4.53. The van der Waals surface area contributed by atoms with E-state index >= 15 is 0 Å². The van der Waals surface area contributed by atoms with E-state index < -0.39 is 18.3 Å². The molecule has 1 unspecified atom stereocenters. The Bertz CT molecular complexity index is 180. The topological polar surface area (TPSA) is 71.7 Å². The number of aliphatic hydroxyl groups is 1. The van der Waals surface area contributed by atoms with Gasteiger partial charge in [-0.1, -0.05) is 0 Å². The minimum absolute atomic E-state index is 0.181. The smallest absolute Gasteiger partial charge is 0.146 e. The van der Waals surface area contributed by atoms with Crippen LogP contribution in [0.15, 0.2) is 0 Å². The summed E-state index contributed by atoms with van der Waals surface area (Å²) in [4.78, 5) is 0. The minimum atomic E-state index is -0.740. The van der Waals surface area contributed by atoms with Crippen LogP contribution >= 0.6 is 0 Å². The predicted molar refractivity (Wildman–Crippen MR) is 49.7 cm³/mol. The molecule has 0 aromatic rings. The highest BCUT2D eigenvalue weighted by Crippen LogP contribution is 2.09.